The van der Waals surface area contributed by atoms with Crippen LogP contribution in [0.5, 0.6) is 0 Å². The van der Waals surface area contributed by atoms with Gasteiger partial charge in [-0.15, -0.1) is 0 Å². The zero-order chi connectivity index (χ0) is 22.2. The second kappa shape index (κ2) is 6.56. The predicted molar refractivity (Wildman–Crippen MR) is 149 cm³/mol. The van der Waals surface area contributed by atoms with Gasteiger partial charge in [-0.3, -0.25) is 0 Å². The molecule has 0 aromatic heterocycles. The minimum Gasteiger partial charge on any atom is -0.0616 e. The predicted octanol–water partition coefficient (Wildman–Crippen LogP) is 9.76. The van der Waals surface area contributed by atoms with Gasteiger partial charge in [0, 0.05) is 0 Å². The topological polar surface area (TPSA) is 0 Å². The first-order valence-electron chi connectivity index (χ1n) is 11.9. The van der Waals surface area contributed by atoms with Crippen LogP contribution in [-0.4, -0.2) is 0 Å². The van der Waals surface area contributed by atoms with Crippen molar-refractivity contribution in [1.29, 1.82) is 0 Å². The molecule has 0 unspecified atom stereocenters. The average Bonchev–Trinajstić information content (AvgIpc) is 2.92. The van der Waals surface area contributed by atoms with Crippen molar-refractivity contribution in [3.63, 3.8) is 0 Å². The van der Waals surface area contributed by atoms with Crippen molar-refractivity contribution >= 4 is 75.4 Å². The molecule has 0 aliphatic rings. The maximum atomic E-state index is 2.33. The van der Waals surface area contributed by atoms with Crippen LogP contribution >= 0.6 is 0 Å². The molecule has 34 heavy (non-hydrogen) atoms. The van der Waals surface area contributed by atoms with Crippen molar-refractivity contribution in [2.75, 3.05) is 0 Å². The molecule has 0 fully saturated rings. The molecule has 0 N–H and O–H groups in total. The standard InChI is InChI=1S/C34H20/c1-3-11-23-21(9-1)17-19-29-30-20-18-22-10-2-4-12-24(22)32(30)34-28-16-8-6-14-26(28)25-13-5-7-15-27(25)33(34)31(23)29/h1-20H. The summed E-state index contributed by atoms with van der Waals surface area (Å²) in [5.41, 5.74) is 0. The molecule has 0 nitrogen and oxygen atoms in total. The van der Waals surface area contributed by atoms with Gasteiger partial charge in [-0.05, 0) is 75.4 Å². The summed E-state index contributed by atoms with van der Waals surface area (Å²) in [4.78, 5) is 0. The molecule has 0 spiro atoms. The molecule has 0 saturated carbocycles. The van der Waals surface area contributed by atoms with Gasteiger partial charge in [-0.2, -0.15) is 0 Å². The summed E-state index contributed by atoms with van der Waals surface area (Å²) in [6.45, 7) is 0. The molecule has 0 heteroatoms. The first-order chi connectivity index (χ1) is 16.9. The van der Waals surface area contributed by atoms with E-state index in [-0.39, 0.29) is 0 Å². The van der Waals surface area contributed by atoms with Gasteiger partial charge in [-0.1, -0.05) is 121 Å². The largest absolute Gasteiger partial charge is 0.0616 e. The van der Waals surface area contributed by atoms with Crippen molar-refractivity contribution in [1.82, 2.24) is 0 Å². The van der Waals surface area contributed by atoms with Crippen LogP contribution < -0.4 is 0 Å². The molecule has 0 amide bonds. The lowest BCUT2D eigenvalue weighted by atomic mass is 9.84. The Morgan fingerprint density at radius 1 is 0.206 bits per heavy atom. The quantitative estimate of drug-likeness (QED) is 0.211. The molecule has 0 radical (unpaired) electrons. The van der Waals surface area contributed by atoms with Gasteiger partial charge in [-0.25, -0.2) is 0 Å². The fraction of sp³-hybridized carbons (Fsp3) is 0. The molecular formula is C34H20. The molecule has 0 atom stereocenters. The molecule has 8 rings (SSSR count). The lowest BCUT2D eigenvalue weighted by Gasteiger charge is -2.19. The summed E-state index contributed by atoms with van der Waals surface area (Å²) in [5, 5.41) is 18.6. The van der Waals surface area contributed by atoms with E-state index in [0.717, 1.165) is 0 Å². The third kappa shape index (κ3) is 2.23. The summed E-state index contributed by atoms with van der Waals surface area (Å²) in [5.74, 6) is 0. The smallest absolute Gasteiger partial charge is 0.000742 e. The minimum atomic E-state index is 1.29. The Balaban J connectivity index is 1.89. The number of benzene rings is 8. The molecule has 0 aliphatic heterocycles. The van der Waals surface area contributed by atoms with Crippen LogP contribution in [0.3, 0.4) is 0 Å². The van der Waals surface area contributed by atoms with Crippen LogP contribution in [0.2, 0.25) is 0 Å². The van der Waals surface area contributed by atoms with E-state index in [4.69, 9.17) is 0 Å². The maximum Gasteiger partial charge on any atom is -0.000742 e. The van der Waals surface area contributed by atoms with Crippen molar-refractivity contribution in [3.05, 3.63) is 121 Å². The average molecular weight is 429 g/mol. The molecule has 8 aromatic carbocycles. The highest BCUT2D eigenvalue weighted by atomic mass is 14.2. The Kier molecular flexibility index (Phi) is 3.48. The van der Waals surface area contributed by atoms with Gasteiger partial charge in [0.1, 0.15) is 0 Å². The molecular weight excluding hydrogens is 408 g/mol. The van der Waals surface area contributed by atoms with E-state index in [1.165, 1.54) is 75.4 Å². The van der Waals surface area contributed by atoms with Crippen LogP contribution in [0.4, 0.5) is 0 Å². The summed E-state index contributed by atoms with van der Waals surface area (Å²) < 4.78 is 0. The van der Waals surface area contributed by atoms with E-state index in [2.05, 4.69) is 121 Å². The van der Waals surface area contributed by atoms with E-state index in [0.29, 0.717) is 0 Å². The SMILES string of the molecule is c1ccc2c(c1)ccc1c3ccc4ccccc4c3c3c4ccccc4c4ccccc4c3c21. The normalized spacial score (nSPS) is 12.1. The zero-order valence-corrected chi connectivity index (χ0v) is 18.5. The Morgan fingerprint density at radius 2 is 0.529 bits per heavy atom. The highest BCUT2D eigenvalue weighted by molar-refractivity contribution is 6.44. The molecule has 8 aromatic rings. The van der Waals surface area contributed by atoms with Crippen molar-refractivity contribution in [3.8, 4) is 0 Å². The highest BCUT2D eigenvalue weighted by Gasteiger charge is 2.18. The van der Waals surface area contributed by atoms with Crippen molar-refractivity contribution in [2.24, 2.45) is 0 Å². The van der Waals surface area contributed by atoms with Crippen LogP contribution in [0.15, 0.2) is 121 Å². The molecule has 0 heterocycles. The number of hydrogen-bond acceptors (Lipinski definition) is 0. The second-order valence-electron chi connectivity index (χ2n) is 9.26. The fourth-order valence-corrected chi connectivity index (χ4v) is 6.19. The van der Waals surface area contributed by atoms with Crippen LogP contribution in [0.1, 0.15) is 0 Å². The Hall–Kier alpha value is -4.42. The Bertz CT molecular complexity index is 1960. The number of hydrogen-bond donors (Lipinski definition) is 0. The minimum absolute atomic E-state index is 1.29. The molecule has 0 bridgehead atoms. The van der Waals surface area contributed by atoms with Crippen LogP contribution in [0.25, 0.3) is 75.4 Å². The summed E-state index contributed by atoms with van der Waals surface area (Å²) in [6, 6.07) is 44.7. The summed E-state index contributed by atoms with van der Waals surface area (Å²) in [7, 11) is 0. The van der Waals surface area contributed by atoms with Gasteiger partial charge in [0.25, 0.3) is 0 Å². The Morgan fingerprint density at radius 3 is 0.971 bits per heavy atom. The second-order valence-corrected chi connectivity index (χ2v) is 9.26. The molecule has 156 valence electrons. The summed E-state index contributed by atoms with van der Waals surface area (Å²) >= 11 is 0. The van der Waals surface area contributed by atoms with E-state index in [9.17, 15) is 0 Å². The first kappa shape index (κ1) is 18.1. The van der Waals surface area contributed by atoms with Crippen molar-refractivity contribution in [2.45, 2.75) is 0 Å². The Labute approximate surface area is 196 Å². The number of rotatable bonds is 0. The highest BCUT2D eigenvalue weighted by Crippen LogP contribution is 2.47. The molecule has 0 aliphatic carbocycles. The van der Waals surface area contributed by atoms with Gasteiger partial charge < -0.3 is 0 Å². The monoisotopic (exact) mass is 428 g/mol. The first-order valence-corrected chi connectivity index (χ1v) is 11.9. The lowest BCUT2D eigenvalue weighted by Crippen LogP contribution is -1.90. The van der Waals surface area contributed by atoms with Crippen LogP contribution in [0, 0.1) is 0 Å². The third-order valence-electron chi connectivity index (χ3n) is 7.58. The van der Waals surface area contributed by atoms with Gasteiger partial charge in [0.15, 0.2) is 0 Å². The maximum absolute atomic E-state index is 2.33. The van der Waals surface area contributed by atoms with Gasteiger partial charge in [0.05, 0.1) is 0 Å². The third-order valence-corrected chi connectivity index (χ3v) is 7.58. The van der Waals surface area contributed by atoms with Crippen LogP contribution in [-0.2, 0) is 0 Å². The van der Waals surface area contributed by atoms with Gasteiger partial charge in [0.2, 0.25) is 0 Å². The molecule has 0 saturated heterocycles. The fourth-order valence-electron chi connectivity index (χ4n) is 6.19. The van der Waals surface area contributed by atoms with E-state index >= 15 is 0 Å². The van der Waals surface area contributed by atoms with E-state index in [1.54, 1.807) is 0 Å². The van der Waals surface area contributed by atoms with E-state index in [1.807, 2.05) is 0 Å². The van der Waals surface area contributed by atoms with Gasteiger partial charge >= 0.3 is 0 Å². The summed E-state index contributed by atoms with van der Waals surface area (Å²) in [6.07, 6.45) is 0. The van der Waals surface area contributed by atoms with E-state index < -0.39 is 0 Å². The van der Waals surface area contributed by atoms with Crippen molar-refractivity contribution < 1.29 is 0 Å². The number of fused-ring (bicyclic) bond motifs is 15. The lowest BCUT2D eigenvalue weighted by molar-refractivity contribution is 1.78. The zero-order valence-electron chi connectivity index (χ0n) is 18.5.